The van der Waals surface area contributed by atoms with Crippen molar-refractivity contribution in [3.8, 4) is 0 Å². The molecule has 0 spiro atoms. The number of halogens is 2. The van der Waals surface area contributed by atoms with Gasteiger partial charge in [-0.05, 0) is 30.6 Å². The van der Waals surface area contributed by atoms with E-state index in [2.05, 4.69) is 13.8 Å². The number of alkyl halides is 2. The molecule has 76 valence electrons. The molecule has 13 heavy (non-hydrogen) atoms. The average molecular weight is 188 g/mol. The second kappa shape index (κ2) is 2.68. The SMILES string of the molecule is CCC1C(C(C)C)C2CC2C1(F)F. The molecule has 4 unspecified atom stereocenters. The zero-order chi connectivity index (χ0) is 9.80. The highest BCUT2D eigenvalue weighted by Gasteiger charge is 2.69. The van der Waals surface area contributed by atoms with Crippen LogP contribution in [0, 0.1) is 29.6 Å². The van der Waals surface area contributed by atoms with E-state index in [0.29, 0.717) is 18.3 Å². The van der Waals surface area contributed by atoms with Crippen LogP contribution in [-0.4, -0.2) is 5.92 Å². The normalized spacial score (nSPS) is 46.6. The van der Waals surface area contributed by atoms with E-state index in [1.165, 1.54) is 0 Å². The van der Waals surface area contributed by atoms with E-state index in [-0.39, 0.29) is 17.8 Å². The maximum Gasteiger partial charge on any atom is 0.254 e. The van der Waals surface area contributed by atoms with Crippen LogP contribution in [0.4, 0.5) is 8.78 Å². The maximum atomic E-state index is 13.7. The Morgan fingerprint density at radius 3 is 2.38 bits per heavy atom. The highest BCUT2D eigenvalue weighted by Crippen LogP contribution is 2.67. The third kappa shape index (κ3) is 1.14. The minimum Gasteiger partial charge on any atom is -0.206 e. The van der Waals surface area contributed by atoms with Crippen LogP contribution in [0.1, 0.15) is 33.6 Å². The third-order valence-electron chi connectivity index (χ3n) is 4.00. The lowest BCUT2D eigenvalue weighted by molar-refractivity contribution is -0.0766. The van der Waals surface area contributed by atoms with Crippen molar-refractivity contribution >= 4 is 0 Å². The largest absolute Gasteiger partial charge is 0.254 e. The van der Waals surface area contributed by atoms with E-state index in [1.54, 1.807) is 0 Å². The molecular weight excluding hydrogens is 170 g/mol. The Morgan fingerprint density at radius 1 is 1.38 bits per heavy atom. The summed E-state index contributed by atoms with van der Waals surface area (Å²) in [6.07, 6.45) is 1.43. The summed E-state index contributed by atoms with van der Waals surface area (Å²) < 4.78 is 27.3. The molecule has 2 saturated carbocycles. The minimum absolute atomic E-state index is 0.259. The molecule has 0 amide bonds. The maximum absolute atomic E-state index is 13.7. The Kier molecular flexibility index (Phi) is 1.94. The van der Waals surface area contributed by atoms with Gasteiger partial charge in [-0.2, -0.15) is 0 Å². The van der Waals surface area contributed by atoms with Crippen molar-refractivity contribution in [3.63, 3.8) is 0 Å². The topological polar surface area (TPSA) is 0 Å². The Morgan fingerprint density at radius 2 is 2.00 bits per heavy atom. The monoisotopic (exact) mass is 188 g/mol. The van der Waals surface area contributed by atoms with Gasteiger partial charge < -0.3 is 0 Å². The van der Waals surface area contributed by atoms with Crippen molar-refractivity contribution < 1.29 is 8.78 Å². The second-order valence-electron chi connectivity index (χ2n) is 5.02. The Bertz CT molecular complexity index is 210. The number of fused-ring (bicyclic) bond motifs is 1. The molecule has 2 heteroatoms. The van der Waals surface area contributed by atoms with Gasteiger partial charge in [-0.3, -0.25) is 0 Å². The van der Waals surface area contributed by atoms with Gasteiger partial charge in [0.05, 0.1) is 0 Å². The summed E-state index contributed by atoms with van der Waals surface area (Å²) in [6.45, 7) is 6.08. The fraction of sp³-hybridized carbons (Fsp3) is 1.00. The first-order chi connectivity index (χ1) is 6.00. The molecule has 0 nitrogen and oxygen atoms in total. The van der Waals surface area contributed by atoms with Crippen LogP contribution in [0.3, 0.4) is 0 Å². The first-order valence-electron chi connectivity index (χ1n) is 5.38. The number of rotatable bonds is 2. The highest BCUT2D eigenvalue weighted by molar-refractivity contribution is 5.11. The van der Waals surface area contributed by atoms with Crippen LogP contribution in [0.25, 0.3) is 0 Å². The van der Waals surface area contributed by atoms with Crippen LogP contribution in [-0.2, 0) is 0 Å². The zero-order valence-electron chi connectivity index (χ0n) is 8.56. The lowest BCUT2D eigenvalue weighted by Gasteiger charge is -2.29. The van der Waals surface area contributed by atoms with Crippen molar-refractivity contribution in [1.82, 2.24) is 0 Å². The Labute approximate surface area is 78.7 Å². The predicted octanol–water partition coefficient (Wildman–Crippen LogP) is 3.57. The van der Waals surface area contributed by atoms with E-state index in [0.717, 1.165) is 6.42 Å². The quantitative estimate of drug-likeness (QED) is 0.621. The zero-order valence-corrected chi connectivity index (χ0v) is 8.56. The van der Waals surface area contributed by atoms with E-state index in [4.69, 9.17) is 0 Å². The van der Waals surface area contributed by atoms with Gasteiger partial charge in [0.25, 0.3) is 5.92 Å². The summed E-state index contributed by atoms with van der Waals surface area (Å²) in [5.74, 6) is -1.90. The summed E-state index contributed by atoms with van der Waals surface area (Å²) in [6, 6.07) is 0. The molecule has 0 bridgehead atoms. The first-order valence-corrected chi connectivity index (χ1v) is 5.38. The fourth-order valence-electron chi connectivity index (χ4n) is 3.42. The summed E-state index contributed by atoms with van der Waals surface area (Å²) in [7, 11) is 0. The van der Waals surface area contributed by atoms with Crippen molar-refractivity contribution in [3.05, 3.63) is 0 Å². The molecule has 4 atom stereocenters. The van der Waals surface area contributed by atoms with Gasteiger partial charge in [-0.15, -0.1) is 0 Å². The van der Waals surface area contributed by atoms with Gasteiger partial charge in [0.1, 0.15) is 0 Å². The van der Waals surface area contributed by atoms with Crippen molar-refractivity contribution in [2.75, 3.05) is 0 Å². The molecular formula is C11H18F2. The number of hydrogen-bond donors (Lipinski definition) is 0. The molecule has 0 aromatic carbocycles. The van der Waals surface area contributed by atoms with Crippen LogP contribution in [0.2, 0.25) is 0 Å². The second-order valence-corrected chi connectivity index (χ2v) is 5.02. The van der Waals surface area contributed by atoms with Gasteiger partial charge in [-0.25, -0.2) is 8.78 Å². The van der Waals surface area contributed by atoms with Gasteiger partial charge in [0, 0.05) is 11.8 Å². The Hall–Kier alpha value is -0.140. The summed E-state index contributed by atoms with van der Waals surface area (Å²) in [5.41, 5.74) is 0. The molecule has 0 radical (unpaired) electrons. The van der Waals surface area contributed by atoms with E-state index < -0.39 is 5.92 Å². The molecule has 0 aromatic heterocycles. The molecule has 0 aromatic rings. The fourth-order valence-corrected chi connectivity index (χ4v) is 3.42. The molecule has 0 heterocycles. The number of hydrogen-bond acceptors (Lipinski definition) is 0. The average Bonchev–Trinajstić information content (AvgIpc) is 2.73. The van der Waals surface area contributed by atoms with Crippen molar-refractivity contribution in [2.45, 2.75) is 39.5 Å². The molecule has 0 N–H and O–H groups in total. The molecule has 0 aliphatic heterocycles. The van der Waals surface area contributed by atoms with Crippen LogP contribution >= 0.6 is 0 Å². The van der Waals surface area contributed by atoms with Crippen LogP contribution in [0.5, 0.6) is 0 Å². The van der Waals surface area contributed by atoms with E-state index in [1.807, 2.05) is 6.92 Å². The summed E-state index contributed by atoms with van der Waals surface area (Å²) in [5, 5.41) is 0. The van der Waals surface area contributed by atoms with Gasteiger partial charge >= 0.3 is 0 Å². The lowest BCUT2D eigenvalue weighted by Crippen LogP contribution is -2.32. The standard InChI is InChI=1S/C11H18F2/c1-4-8-10(6(2)3)7-5-9(7)11(8,12)13/h6-10H,4-5H2,1-3H3. The van der Waals surface area contributed by atoms with E-state index in [9.17, 15) is 8.78 Å². The molecule has 2 fully saturated rings. The van der Waals surface area contributed by atoms with Gasteiger partial charge in [0.2, 0.25) is 0 Å². The predicted molar refractivity (Wildman–Crippen MR) is 48.7 cm³/mol. The van der Waals surface area contributed by atoms with Crippen LogP contribution in [0.15, 0.2) is 0 Å². The Balaban J connectivity index is 2.21. The van der Waals surface area contributed by atoms with Crippen molar-refractivity contribution in [1.29, 1.82) is 0 Å². The molecule has 2 rings (SSSR count). The highest BCUT2D eigenvalue weighted by atomic mass is 19.3. The smallest absolute Gasteiger partial charge is 0.206 e. The van der Waals surface area contributed by atoms with Gasteiger partial charge in [-0.1, -0.05) is 20.8 Å². The van der Waals surface area contributed by atoms with Crippen LogP contribution < -0.4 is 0 Å². The lowest BCUT2D eigenvalue weighted by atomic mass is 9.80. The third-order valence-corrected chi connectivity index (χ3v) is 4.00. The molecule has 0 saturated heterocycles. The molecule has 2 aliphatic carbocycles. The van der Waals surface area contributed by atoms with E-state index >= 15 is 0 Å². The minimum atomic E-state index is -2.35. The van der Waals surface area contributed by atoms with Crippen molar-refractivity contribution in [2.24, 2.45) is 29.6 Å². The molecule has 2 aliphatic rings. The van der Waals surface area contributed by atoms with Gasteiger partial charge in [0.15, 0.2) is 0 Å². The summed E-state index contributed by atoms with van der Waals surface area (Å²) >= 11 is 0. The first kappa shape index (κ1) is 9.42. The summed E-state index contributed by atoms with van der Waals surface area (Å²) in [4.78, 5) is 0.